The number of hydrogen-bond acceptors (Lipinski definition) is 4. The molecule has 1 aromatic heterocycles. The third-order valence-corrected chi connectivity index (χ3v) is 2.40. The predicted octanol–water partition coefficient (Wildman–Crippen LogP) is 0.0915. The van der Waals surface area contributed by atoms with Crippen LogP contribution in [0.3, 0.4) is 0 Å². The molecule has 0 radical (unpaired) electrons. The average Bonchev–Trinajstić information content (AvgIpc) is 2.67. The van der Waals surface area contributed by atoms with Crippen molar-refractivity contribution in [2.75, 3.05) is 0 Å². The molecule has 2 rings (SSSR count). The van der Waals surface area contributed by atoms with Crippen molar-refractivity contribution in [3.8, 4) is 6.07 Å². The standard InChI is InChI=1S/C11H8N4O3/c12-4-6-1-2-7-8(3-6)15(5-9(16)17)14-10(7)11(13)18/h1-3H,5H2,(H2,13,18)(H,16,17). The van der Waals surface area contributed by atoms with E-state index in [0.717, 1.165) is 4.68 Å². The number of hydrogen-bond donors (Lipinski definition) is 2. The van der Waals surface area contributed by atoms with Gasteiger partial charge in [-0.1, -0.05) is 0 Å². The van der Waals surface area contributed by atoms with Gasteiger partial charge in [0.05, 0.1) is 17.1 Å². The number of nitriles is 1. The number of nitrogens with two attached hydrogens (primary N) is 1. The van der Waals surface area contributed by atoms with E-state index >= 15 is 0 Å². The fraction of sp³-hybridized carbons (Fsp3) is 0.0909. The molecule has 1 heterocycles. The lowest BCUT2D eigenvalue weighted by Crippen LogP contribution is -2.14. The largest absolute Gasteiger partial charge is 0.480 e. The number of nitrogens with zero attached hydrogens (tertiary/aromatic N) is 3. The van der Waals surface area contributed by atoms with Crippen LogP contribution < -0.4 is 5.73 Å². The van der Waals surface area contributed by atoms with Crippen molar-refractivity contribution in [1.82, 2.24) is 9.78 Å². The van der Waals surface area contributed by atoms with Crippen LogP contribution in [0.1, 0.15) is 16.1 Å². The quantitative estimate of drug-likeness (QED) is 0.792. The van der Waals surface area contributed by atoms with Gasteiger partial charge in [0.2, 0.25) is 0 Å². The van der Waals surface area contributed by atoms with E-state index in [-0.39, 0.29) is 5.69 Å². The van der Waals surface area contributed by atoms with Crippen LogP contribution in [0.5, 0.6) is 0 Å². The van der Waals surface area contributed by atoms with Gasteiger partial charge in [-0.3, -0.25) is 14.3 Å². The number of fused-ring (bicyclic) bond motifs is 1. The number of aromatic nitrogens is 2. The molecule has 1 aromatic carbocycles. The van der Waals surface area contributed by atoms with E-state index < -0.39 is 18.4 Å². The molecule has 0 aliphatic carbocycles. The molecule has 0 bridgehead atoms. The Balaban J connectivity index is 2.73. The van der Waals surface area contributed by atoms with Crippen molar-refractivity contribution in [3.63, 3.8) is 0 Å². The molecule has 0 fully saturated rings. The first kappa shape index (κ1) is 11.6. The summed E-state index contributed by atoms with van der Waals surface area (Å²) in [6.07, 6.45) is 0. The van der Waals surface area contributed by atoms with E-state index in [1.54, 1.807) is 0 Å². The number of amides is 1. The maximum atomic E-state index is 11.2. The van der Waals surface area contributed by atoms with E-state index in [4.69, 9.17) is 16.1 Å². The van der Waals surface area contributed by atoms with E-state index in [1.165, 1.54) is 18.2 Å². The average molecular weight is 244 g/mol. The fourth-order valence-corrected chi connectivity index (χ4v) is 1.67. The van der Waals surface area contributed by atoms with Crippen LogP contribution in [0, 0.1) is 11.3 Å². The molecule has 0 aliphatic heterocycles. The Morgan fingerprint density at radius 2 is 2.22 bits per heavy atom. The van der Waals surface area contributed by atoms with Crippen LogP contribution in [0.4, 0.5) is 0 Å². The molecule has 0 atom stereocenters. The number of primary amides is 1. The lowest BCUT2D eigenvalue weighted by molar-refractivity contribution is -0.137. The Bertz CT molecular complexity index is 696. The smallest absolute Gasteiger partial charge is 0.325 e. The highest BCUT2D eigenvalue weighted by atomic mass is 16.4. The number of carbonyl (C=O) groups excluding carboxylic acids is 1. The second-order valence-electron chi connectivity index (χ2n) is 3.61. The third kappa shape index (κ3) is 1.87. The molecule has 18 heavy (non-hydrogen) atoms. The molecule has 2 aromatic rings. The zero-order valence-corrected chi connectivity index (χ0v) is 9.12. The summed E-state index contributed by atoms with van der Waals surface area (Å²) < 4.78 is 1.14. The summed E-state index contributed by atoms with van der Waals surface area (Å²) in [5, 5.41) is 21.8. The maximum Gasteiger partial charge on any atom is 0.325 e. The van der Waals surface area contributed by atoms with Crippen molar-refractivity contribution >= 4 is 22.8 Å². The Kier molecular flexibility index (Phi) is 2.69. The summed E-state index contributed by atoms with van der Waals surface area (Å²) in [5.74, 6) is -1.84. The second-order valence-corrected chi connectivity index (χ2v) is 3.61. The summed E-state index contributed by atoms with van der Waals surface area (Å²) in [4.78, 5) is 21.9. The monoisotopic (exact) mass is 244 g/mol. The van der Waals surface area contributed by atoms with Crippen LogP contribution >= 0.6 is 0 Å². The fourth-order valence-electron chi connectivity index (χ4n) is 1.67. The van der Waals surface area contributed by atoms with Gasteiger partial charge in [0.15, 0.2) is 5.69 Å². The van der Waals surface area contributed by atoms with E-state index in [0.29, 0.717) is 16.5 Å². The maximum absolute atomic E-state index is 11.2. The highest BCUT2D eigenvalue weighted by molar-refractivity contribution is 6.04. The molecule has 7 heteroatoms. The zero-order chi connectivity index (χ0) is 13.3. The van der Waals surface area contributed by atoms with Crippen LogP contribution in [-0.2, 0) is 11.3 Å². The SMILES string of the molecule is N#Cc1ccc2c(C(N)=O)nn(CC(=O)O)c2c1. The molecule has 90 valence electrons. The van der Waals surface area contributed by atoms with Crippen molar-refractivity contribution in [1.29, 1.82) is 5.26 Å². The summed E-state index contributed by atoms with van der Waals surface area (Å²) in [6, 6.07) is 6.45. The van der Waals surface area contributed by atoms with E-state index in [2.05, 4.69) is 5.10 Å². The molecule has 0 unspecified atom stereocenters. The molecule has 0 spiro atoms. The number of rotatable bonds is 3. The van der Waals surface area contributed by atoms with Crippen molar-refractivity contribution < 1.29 is 14.7 Å². The highest BCUT2D eigenvalue weighted by Crippen LogP contribution is 2.19. The normalized spacial score (nSPS) is 10.2. The Labute approximate surface area is 101 Å². The lowest BCUT2D eigenvalue weighted by Gasteiger charge is -1.98. The lowest BCUT2D eigenvalue weighted by atomic mass is 10.1. The van der Waals surface area contributed by atoms with Gasteiger partial charge >= 0.3 is 5.97 Å². The van der Waals surface area contributed by atoms with Gasteiger partial charge in [-0.2, -0.15) is 10.4 Å². The minimum Gasteiger partial charge on any atom is -0.480 e. The molecule has 7 nitrogen and oxygen atoms in total. The minimum absolute atomic E-state index is 0.00394. The number of carboxylic acids is 1. The van der Waals surface area contributed by atoms with Gasteiger partial charge in [-0.25, -0.2) is 0 Å². The highest BCUT2D eigenvalue weighted by Gasteiger charge is 2.16. The predicted molar refractivity (Wildman–Crippen MR) is 60.6 cm³/mol. The Morgan fingerprint density at radius 1 is 1.50 bits per heavy atom. The third-order valence-electron chi connectivity index (χ3n) is 2.40. The first-order valence-corrected chi connectivity index (χ1v) is 4.95. The zero-order valence-electron chi connectivity index (χ0n) is 9.12. The van der Waals surface area contributed by atoms with Gasteiger partial charge in [-0.15, -0.1) is 0 Å². The number of carbonyl (C=O) groups is 2. The molecular formula is C11H8N4O3. The Morgan fingerprint density at radius 3 is 2.78 bits per heavy atom. The summed E-state index contributed by atoms with van der Waals surface area (Å²) in [6.45, 7) is -0.404. The topological polar surface area (TPSA) is 122 Å². The van der Waals surface area contributed by atoms with Crippen molar-refractivity contribution in [3.05, 3.63) is 29.5 Å². The first-order chi connectivity index (χ1) is 8.52. The molecule has 0 saturated heterocycles. The van der Waals surface area contributed by atoms with Gasteiger partial charge < -0.3 is 10.8 Å². The number of aliphatic carboxylic acids is 1. The van der Waals surface area contributed by atoms with Crippen molar-refractivity contribution in [2.24, 2.45) is 5.73 Å². The molecule has 3 N–H and O–H groups in total. The van der Waals surface area contributed by atoms with Gasteiger partial charge in [0.25, 0.3) is 5.91 Å². The molecule has 1 amide bonds. The molecular weight excluding hydrogens is 236 g/mol. The van der Waals surface area contributed by atoms with Crippen LogP contribution in [0.2, 0.25) is 0 Å². The Hall–Kier alpha value is -2.88. The summed E-state index contributed by atoms with van der Waals surface area (Å²) in [7, 11) is 0. The number of carboxylic acid groups (broad SMARTS) is 1. The van der Waals surface area contributed by atoms with Crippen LogP contribution in [0.15, 0.2) is 18.2 Å². The van der Waals surface area contributed by atoms with Gasteiger partial charge in [-0.05, 0) is 18.2 Å². The van der Waals surface area contributed by atoms with Crippen LogP contribution in [0.25, 0.3) is 10.9 Å². The number of benzene rings is 1. The first-order valence-electron chi connectivity index (χ1n) is 4.95. The van der Waals surface area contributed by atoms with Gasteiger partial charge in [0, 0.05) is 5.39 Å². The second kappa shape index (κ2) is 4.18. The minimum atomic E-state index is -1.10. The van der Waals surface area contributed by atoms with E-state index in [9.17, 15) is 9.59 Å². The van der Waals surface area contributed by atoms with E-state index in [1.807, 2.05) is 6.07 Å². The molecule has 0 aliphatic rings. The summed E-state index contributed by atoms with van der Waals surface area (Å²) >= 11 is 0. The molecule has 0 saturated carbocycles. The van der Waals surface area contributed by atoms with Crippen LogP contribution in [-0.4, -0.2) is 26.8 Å². The summed E-state index contributed by atoms with van der Waals surface area (Å²) in [5.41, 5.74) is 5.91. The van der Waals surface area contributed by atoms with Gasteiger partial charge in [0.1, 0.15) is 6.54 Å². The van der Waals surface area contributed by atoms with Crippen molar-refractivity contribution in [2.45, 2.75) is 6.54 Å².